The predicted molar refractivity (Wildman–Crippen MR) is 92.8 cm³/mol. The van der Waals surface area contributed by atoms with E-state index < -0.39 is 12.0 Å². The molecule has 0 radical (unpaired) electrons. The van der Waals surface area contributed by atoms with Crippen LogP contribution in [0.3, 0.4) is 0 Å². The van der Waals surface area contributed by atoms with Crippen molar-refractivity contribution in [3.05, 3.63) is 12.7 Å². The number of esters is 1. The van der Waals surface area contributed by atoms with Crippen LogP contribution in [0, 0.1) is 0 Å². The van der Waals surface area contributed by atoms with Gasteiger partial charge >= 0.3 is 12.0 Å². The summed E-state index contributed by atoms with van der Waals surface area (Å²) in [6.07, 6.45) is 1.11. The Morgan fingerprint density at radius 2 is 1.12 bits per heavy atom. The van der Waals surface area contributed by atoms with Gasteiger partial charge in [-0.3, -0.25) is 0 Å². The van der Waals surface area contributed by atoms with Crippen molar-refractivity contribution in [2.24, 2.45) is 5.73 Å². The van der Waals surface area contributed by atoms with Gasteiger partial charge in [-0.25, -0.2) is 9.59 Å². The van der Waals surface area contributed by atoms with Crippen LogP contribution in [0.15, 0.2) is 12.7 Å². The van der Waals surface area contributed by atoms with Crippen molar-refractivity contribution < 1.29 is 38.0 Å². The molecule has 0 aromatic rings. The van der Waals surface area contributed by atoms with E-state index in [0.717, 1.165) is 6.08 Å². The van der Waals surface area contributed by atoms with E-state index in [4.69, 9.17) is 34.2 Å². The number of urea groups is 1. The second kappa shape index (κ2) is 19.6. The number of amides is 2. The Morgan fingerprint density at radius 1 is 0.731 bits per heavy atom. The van der Waals surface area contributed by atoms with Crippen molar-refractivity contribution >= 4 is 12.0 Å². The summed E-state index contributed by atoms with van der Waals surface area (Å²) in [5, 5.41) is 2.42. The number of ether oxygens (including phenoxy) is 6. The summed E-state index contributed by atoms with van der Waals surface area (Å²) >= 11 is 0. The van der Waals surface area contributed by atoms with Crippen LogP contribution >= 0.6 is 0 Å². The molecule has 10 nitrogen and oxygen atoms in total. The first-order valence-electron chi connectivity index (χ1n) is 8.38. The lowest BCUT2D eigenvalue weighted by Crippen LogP contribution is -2.32. The minimum absolute atomic E-state index is 0.198. The number of hydrogen-bond acceptors (Lipinski definition) is 8. The molecule has 0 heterocycles. The predicted octanol–water partition coefficient (Wildman–Crippen LogP) is -0.533. The minimum Gasteiger partial charge on any atom is -0.460 e. The highest BCUT2D eigenvalue weighted by Gasteiger charge is 1.96. The number of nitrogens with two attached hydrogens (primary N) is 1. The van der Waals surface area contributed by atoms with Crippen LogP contribution in [0.1, 0.15) is 0 Å². The van der Waals surface area contributed by atoms with Gasteiger partial charge in [-0.15, -0.1) is 0 Å². The van der Waals surface area contributed by atoms with Crippen molar-refractivity contribution in [2.75, 3.05) is 79.2 Å². The Morgan fingerprint density at radius 3 is 1.50 bits per heavy atom. The average Bonchev–Trinajstić information content (AvgIpc) is 2.63. The number of hydrogen-bond donors (Lipinski definition) is 2. The SMILES string of the molecule is C=CC(=O)OCCOCCOCCOCCOCCOCCNC(N)=O. The zero-order valence-corrected chi connectivity index (χ0v) is 15.1. The largest absolute Gasteiger partial charge is 0.460 e. The van der Waals surface area contributed by atoms with Gasteiger partial charge in [0.05, 0.1) is 66.1 Å². The van der Waals surface area contributed by atoms with Crippen molar-refractivity contribution in [3.63, 3.8) is 0 Å². The molecule has 26 heavy (non-hydrogen) atoms. The zero-order valence-electron chi connectivity index (χ0n) is 15.1. The first-order valence-corrected chi connectivity index (χ1v) is 8.38. The van der Waals surface area contributed by atoms with Crippen LogP contribution in [0.5, 0.6) is 0 Å². The molecule has 0 aliphatic rings. The van der Waals surface area contributed by atoms with Crippen LogP contribution in [0.4, 0.5) is 4.79 Å². The van der Waals surface area contributed by atoms with Crippen molar-refractivity contribution in [1.82, 2.24) is 5.32 Å². The topological polar surface area (TPSA) is 128 Å². The van der Waals surface area contributed by atoms with E-state index in [1.54, 1.807) is 0 Å². The third-order valence-corrected chi connectivity index (χ3v) is 2.67. The fraction of sp³-hybridized carbons (Fsp3) is 0.750. The molecule has 0 saturated heterocycles. The lowest BCUT2D eigenvalue weighted by Gasteiger charge is -2.08. The van der Waals surface area contributed by atoms with Gasteiger partial charge in [0.2, 0.25) is 0 Å². The second-order valence-corrected chi connectivity index (χ2v) is 4.72. The Bertz CT molecular complexity index is 368. The molecule has 0 unspecified atom stereocenters. The molecule has 0 spiro atoms. The van der Waals surface area contributed by atoms with Gasteiger partial charge in [0.25, 0.3) is 0 Å². The Labute approximate surface area is 153 Å². The molecule has 0 fully saturated rings. The van der Waals surface area contributed by atoms with Gasteiger partial charge < -0.3 is 39.5 Å². The first-order chi connectivity index (χ1) is 12.7. The van der Waals surface area contributed by atoms with Crippen LogP contribution in [0.2, 0.25) is 0 Å². The molecule has 10 heteroatoms. The zero-order chi connectivity index (χ0) is 19.3. The van der Waals surface area contributed by atoms with E-state index in [9.17, 15) is 9.59 Å². The maximum atomic E-state index is 10.7. The summed E-state index contributed by atoms with van der Waals surface area (Å²) in [6.45, 7) is 8.21. The number of rotatable bonds is 19. The summed E-state index contributed by atoms with van der Waals surface area (Å²) in [5.74, 6) is -0.462. The van der Waals surface area contributed by atoms with E-state index in [1.807, 2.05) is 0 Å². The lowest BCUT2D eigenvalue weighted by molar-refractivity contribution is -0.139. The molecule has 0 aliphatic carbocycles. The molecule has 2 amide bonds. The van der Waals surface area contributed by atoms with Gasteiger partial charge in [0.1, 0.15) is 6.61 Å². The van der Waals surface area contributed by atoms with E-state index in [-0.39, 0.29) is 6.61 Å². The van der Waals surface area contributed by atoms with E-state index >= 15 is 0 Å². The molecule has 0 saturated carbocycles. The summed E-state index contributed by atoms with van der Waals surface area (Å²) < 4.78 is 31.1. The molecule has 3 N–H and O–H groups in total. The fourth-order valence-corrected chi connectivity index (χ4v) is 1.49. The van der Waals surface area contributed by atoms with Crippen LogP contribution in [-0.2, 0) is 33.2 Å². The monoisotopic (exact) mass is 378 g/mol. The van der Waals surface area contributed by atoms with Gasteiger partial charge in [-0.2, -0.15) is 0 Å². The number of primary amides is 1. The van der Waals surface area contributed by atoms with Gasteiger partial charge in [-0.05, 0) is 0 Å². The molecule has 0 bridgehead atoms. The first kappa shape index (κ1) is 24.3. The third-order valence-electron chi connectivity index (χ3n) is 2.67. The number of carbonyl (C=O) groups excluding carboxylic acids is 2. The quantitative estimate of drug-likeness (QED) is 0.174. The summed E-state index contributed by atoms with van der Waals surface area (Å²) in [4.78, 5) is 21.1. The molecule has 0 rings (SSSR count). The number of nitrogens with one attached hydrogen (secondary N) is 1. The standard InChI is InChI=1S/C16H30N2O8/c1-2-15(19)26-14-13-25-12-11-24-10-9-23-8-7-22-6-5-21-4-3-18-16(17)20/h2H,1,3-14H2,(H3,17,18,20). The molecule has 152 valence electrons. The van der Waals surface area contributed by atoms with Gasteiger partial charge in [-0.1, -0.05) is 6.58 Å². The van der Waals surface area contributed by atoms with Crippen LogP contribution in [-0.4, -0.2) is 91.2 Å². The van der Waals surface area contributed by atoms with Crippen molar-refractivity contribution in [2.45, 2.75) is 0 Å². The maximum absolute atomic E-state index is 10.7. The van der Waals surface area contributed by atoms with E-state index in [2.05, 4.69) is 11.9 Å². The molecular weight excluding hydrogens is 348 g/mol. The molecule has 0 aliphatic heterocycles. The average molecular weight is 378 g/mol. The fourth-order valence-electron chi connectivity index (χ4n) is 1.49. The lowest BCUT2D eigenvalue weighted by atomic mass is 10.6. The molecule has 0 atom stereocenters. The normalized spacial score (nSPS) is 10.5. The highest BCUT2D eigenvalue weighted by Crippen LogP contribution is 1.85. The Kier molecular flexibility index (Phi) is 18.3. The maximum Gasteiger partial charge on any atom is 0.330 e. The van der Waals surface area contributed by atoms with Gasteiger partial charge in [0.15, 0.2) is 0 Å². The van der Waals surface area contributed by atoms with Crippen molar-refractivity contribution in [1.29, 1.82) is 0 Å². The van der Waals surface area contributed by atoms with Crippen molar-refractivity contribution in [3.8, 4) is 0 Å². The van der Waals surface area contributed by atoms with E-state index in [1.165, 1.54) is 0 Å². The number of carbonyl (C=O) groups is 2. The highest BCUT2D eigenvalue weighted by atomic mass is 16.6. The second-order valence-electron chi connectivity index (χ2n) is 4.72. The summed E-state index contributed by atoms with van der Waals surface area (Å²) in [7, 11) is 0. The molecule has 0 aromatic heterocycles. The molecular formula is C16H30N2O8. The highest BCUT2D eigenvalue weighted by molar-refractivity contribution is 5.81. The minimum atomic E-state index is -0.565. The summed E-state index contributed by atoms with van der Waals surface area (Å²) in [6, 6.07) is -0.565. The van der Waals surface area contributed by atoms with Crippen LogP contribution in [0.25, 0.3) is 0 Å². The smallest absolute Gasteiger partial charge is 0.330 e. The van der Waals surface area contributed by atoms with Crippen LogP contribution < -0.4 is 11.1 Å². The third kappa shape index (κ3) is 20.3. The Hall–Kier alpha value is -1.72. The molecule has 0 aromatic carbocycles. The van der Waals surface area contributed by atoms with E-state index in [0.29, 0.717) is 72.6 Å². The summed E-state index contributed by atoms with van der Waals surface area (Å²) in [5.41, 5.74) is 4.90. The van der Waals surface area contributed by atoms with Gasteiger partial charge in [0, 0.05) is 12.6 Å². The Balaban J connectivity index is 3.04.